The minimum atomic E-state index is -3.95. The third-order valence-corrected chi connectivity index (χ3v) is 6.42. The Morgan fingerprint density at radius 2 is 1.42 bits per heavy atom. The van der Waals surface area contributed by atoms with Gasteiger partial charge in [-0.3, -0.25) is 9.52 Å². The third-order valence-electron chi connectivity index (χ3n) is 4.14. The molecule has 0 unspecified atom stereocenters. The number of carbonyl (C=O) groups excluding carboxylic acids is 1. The number of aryl methyl sites for hydroxylation is 2. The topological polar surface area (TPSA) is 147 Å². The van der Waals surface area contributed by atoms with E-state index in [4.69, 9.17) is 11.6 Å². The molecule has 0 radical (unpaired) electrons. The molecule has 2 aromatic carbocycles. The molecule has 174 valence electrons. The number of amides is 1. The van der Waals surface area contributed by atoms with Crippen molar-refractivity contribution in [3.05, 3.63) is 70.5 Å². The molecule has 0 fully saturated rings. The van der Waals surface area contributed by atoms with Gasteiger partial charge in [-0.1, -0.05) is 11.6 Å². The summed E-state index contributed by atoms with van der Waals surface area (Å²) in [4.78, 5) is 20.7. The van der Waals surface area contributed by atoms with Gasteiger partial charge in [-0.2, -0.15) is 0 Å². The molecule has 1 amide bonds. The molecule has 0 spiro atoms. The predicted molar refractivity (Wildman–Crippen MR) is 127 cm³/mol. The molecule has 10 nitrogen and oxygen atoms in total. The van der Waals surface area contributed by atoms with Crippen LogP contribution < -0.4 is 14.8 Å². The van der Waals surface area contributed by atoms with Crippen molar-refractivity contribution in [1.29, 1.82) is 0 Å². The SMILES string of the molecule is Cc1cc(C)nc(NS(=O)(=O)c2ccc(NC(=O)c3cc(NS(C)(=O)=O)ccc3Cl)cc2)n1. The molecule has 3 aromatic rings. The summed E-state index contributed by atoms with van der Waals surface area (Å²) < 4.78 is 52.7. The largest absolute Gasteiger partial charge is 0.322 e. The zero-order valence-corrected chi connectivity index (χ0v) is 20.1. The maximum Gasteiger partial charge on any atom is 0.264 e. The Morgan fingerprint density at radius 3 is 2.00 bits per heavy atom. The molecule has 3 rings (SSSR count). The summed E-state index contributed by atoms with van der Waals surface area (Å²) >= 11 is 6.08. The Labute approximate surface area is 196 Å². The molecule has 0 aliphatic heterocycles. The van der Waals surface area contributed by atoms with Crippen LogP contribution in [0.15, 0.2) is 53.4 Å². The van der Waals surface area contributed by atoms with Crippen LogP contribution in [0, 0.1) is 13.8 Å². The Bertz CT molecular complexity index is 1410. The second-order valence-electron chi connectivity index (χ2n) is 7.13. The van der Waals surface area contributed by atoms with Crippen LogP contribution >= 0.6 is 11.6 Å². The zero-order chi connectivity index (χ0) is 24.4. The summed E-state index contributed by atoms with van der Waals surface area (Å²) in [6.07, 6.45) is 0.984. The van der Waals surface area contributed by atoms with E-state index in [-0.39, 0.29) is 27.1 Å². The number of nitrogens with one attached hydrogen (secondary N) is 3. The summed E-state index contributed by atoms with van der Waals surface area (Å²) in [5, 5.41) is 2.71. The lowest BCUT2D eigenvalue weighted by Crippen LogP contribution is -2.16. The number of carbonyl (C=O) groups is 1. The molecule has 0 saturated carbocycles. The van der Waals surface area contributed by atoms with Gasteiger partial charge in [0, 0.05) is 22.8 Å². The van der Waals surface area contributed by atoms with Crippen LogP contribution in [0.1, 0.15) is 21.7 Å². The summed E-state index contributed by atoms with van der Waals surface area (Å²) in [6, 6.07) is 11.3. The van der Waals surface area contributed by atoms with Crippen molar-refractivity contribution in [2.45, 2.75) is 18.7 Å². The first-order valence-electron chi connectivity index (χ1n) is 9.36. The smallest absolute Gasteiger partial charge is 0.264 e. The number of hydrogen-bond donors (Lipinski definition) is 3. The van der Waals surface area contributed by atoms with Crippen LogP contribution in [-0.4, -0.2) is 39.0 Å². The van der Waals surface area contributed by atoms with Gasteiger partial charge < -0.3 is 5.32 Å². The van der Waals surface area contributed by atoms with E-state index in [1.165, 1.54) is 42.5 Å². The van der Waals surface area contributed by atoms with Gasteiger partial charge in [0.1, 0.15) is 0 Å². The van der Waals surface area contributed by atoms with Gasteiger partial charge in [-0.05, 0) is 62.4 Å². The monoisotopic (exact) mass is 509 g/mol. The minimum absolute atomic E-state index is 0.0376. The van der Waals surface area contributed by atoms with Gasteiger partial charge >= 0.3 is 0 Å². The fourth-order valence-electron chi connectivity index (χ4n) is 2.84. The highest BCUT2D eigenvalue weighted by atomic mass is 35.5. The van der Waals surface area contributed by atoms with E-state index in [2.05, 4.69) is 24.7 Å². The molecule has 1 aromatic heterocycles. The van der Waals surface area contributed by atoms with E-state index in [0.717, 1.165) is 6.26 Å². The van der Waals surface area contributed by atoms with E-state index in [1.54, 1.807) is 19.9 Å². The van der Waals surface area contributed by atoms with Crippen molar-refractivity contribution < 1.29 is 21.6 Å². The highest BCUT2D eigenvalue weighted by Crippen LogP contribution is 2.23. The number of aromatic nitrogens is 2. The lowest BCUT2D eigenvalue weighted by Gasteiger charge is -2.11. The molecule has 0 atom stereocenters. The van der Waals surface area contributed by atoms with Crippen LogP contribution in [0.3, 0.4) is 0 Å². The lowest BCUT2D eigenvalue weighted by molar-refractivity contribution is 0.102. The summed E-state index contributed by atoms with van der Waals surface area (Å²) in [6.45, 7) is 3.45. The third kappa shape index (κ3) is 6.63. The average Bonchev–Trinajstić information content (AvgIpc) is 2.67. The number of benzene rings is 2. The van der Waals surface area contributed by atoms with E-state index < -0.39 is 26.0 Å². The second kappa shape index (κ2) is 9.33. The fourth-order valence-corrected chi connectivity index (χ4v) is 4.55. The summed E-state index contributed by atoms with van der Waals surface area (Å²) in [5.74, 6) is -0.642. The molecule has 0 aliphatic rings. The second-order valence-corrected chi connectivity index (χ2v) is 11.0. The number of nitrogens with zero attached hydrogens (tertiary/aromatic N) is 2. The van der Waals surface area contributed by atoms with Gasteiger partial charge in [0.15, 0.2) is 0 Å². The van der Waals surface area contributed by atoms with Gasteiger partial charge in [-0.15, -0.1) is 0 Å². The average molecular weight is 510 g/mol. The van der Waals surface area contributed by atoms with Crippen LogP contribution in [0.2, 0.25) is 5.02 Å². The van der Waals surface area contributed by atoms with Crippen molar-refractivity contribution in [2.24, 2.45) is 0 Å². The molecule has 0 saturated heterocycles. The van der Waals surface area contributed by atoms with Crippen LogP contribution in [0.25, 0.3) is 0 Å². The Kier molecular flexibility index (Phi) is 6.91. The Morgan fingerprint density at radius 1 is 0.848 bits per heavy atom. The first kappa shape index (κ1) is 24.4. The van der Waals surface area contributed by atoms with E-state index in [9.17, 15) is 21.6 Å². The molecular formula is C20H20ClN5O5S2. The van der Waals surface area contributed by atoms with E-state index >= 15 is 0 Å². The fraction of sp³-hybridized carbons (Fsp3) is 0.150. The first-order chi connectivity index (χ1) is 15.3. The number of sulfonamides is 2. The molecule has 0 bridgehead atoms. The highest BCUT2D eigenvalue weighted by Gasteiger charge is 2.17. The first-order valence-corrected chi connectivity index (χ1v) is 13.1. The predicted octanol–water partition coefficient (Wildman–Crippen LogP) is 3.17. The van der Waals surface area contributed by atoms with Crippen molar-refractivity contribution in [3.63, 3.8) is 0 Å². The molecular weight excluding hydrogens is 490 g/mol. The molecule has 3 N–H and O–H groups in total. The van der Waals surface area contributed by atoms with Gasteiger partial charge in [0.2, 0.25) is 16.0 Å². The zero-order valence-electron chi connectivity index (χ0n) is 17.7. The van der Waals surface area contributed by atoms with Crippen LogP contribution in [0.5, 0.6) is 0 Å². The van der Waals surface area contributed by atoms with Gasteiger partial charge in [0.05, 0.1) is 21.7 Å². The molecule has 0 aliphatic carbocycles. The van der Waals surface area contributed by atoms with Crippen molar-refractivity contribution >= 4 is 54.9 Å². The maximum absolute atomic E-state index is 12.6. The Balaban J connectivity index is 1.76. The highest BCUT2D eigenvalue weighted by molar-refractivity contribution is 7.92. The van der Waals surface area contributed by atoms with E-state index in [0.29, 0.717) is 17.1 Å². The maximum atomic E-state index is 12.6. The summed E-state index contributed by atoms with van der Waals surface area (Å²) in [5.41, 5.74) is 1.75. The van der Waals surface area contributed by atoms with Crippen molar-refractivity contribution in [1.82, 2.24) is 9.97 Å². The number of anilines is 3. The molecule has 33 heavy (non-hydrogen) atoms. The normalized spacial score (nSPS) is 11.6. The molecule has 1 heterocycles. The number of halogens is 1. The lowest BCUT2D eigenvalue weighted by atomic mass is 10.2. The van der Waals surface area contributed by atoms with Gasteiger partial charge in [0.25, 0.3) is 15.9 Å². The molecule has 13 heteroatoms. The number of hydrogen-bond acceptors (Lipinski definition) is 7. The van der Waals surface area contributed by atoms with Crippen LogP contribution in [0.4, 0.5) is 17.3 Å². The standard InChI is InChI=1S/C20H20ClN5O5S2/c1-12-10-13(2)23-20(22-12)26-33(30,31)16-7-4-14(5-8-16)24-19(27)17-11-15(6-9-18(17)21)25-32(3,28)29/h4-11,25H,1-3H3,(H,24,27)(H,22,23,26). The minimum Gasteiger partial charge on any atom is -0.322 e. The van der Waals surface area contributed by atoms with Crippen molar-refractivity contribution in [3.8, 4) is 0 Å². The Hall–Kier alpha value is -3.22. The van der Waals surface area contributed by atoms with Crippen molar-refractivity contribution in [2.75, 3.05) is 21.0 Å². The summed E-state index contributed by atoms with van der Waals surface area (Å²) in [7, 11) is -7.48. The van der Waals surface area contributed by atoms with Crippen LogP contribution in [-0.2, 0) is 20.0 Å². The van der Waals surface area contributed by atoms with E-state index in [1.807, 2.05) is 0 Å². The van der Waals surface area contributed by atoms with Gasteiger partial charge in [-0.25, -0.2) is 31.5 Å². The number of rotatable bonds is 7. The quantitative estimate of drug-likeness (QED) is 0.443.